The molecule has 1 saturated heterocycles. The highest BCUT2D eigenvalue weighted by molar-refractivity contribution is 4.78. The summed E-state index contributed by atoms with van der Waals surface area (Å²) in [7, 11) is 2.05. The van der Waals surface area contributed by atoms with Crippen LogP contribution in [0.5, 0.6) is 0 Å². The van der Waals surface area contributed by atoms with Crippen molar-refractivity contribution in [3.63, 3.8) is 0 Å². The zero-order valence-corrected chi connectivity index (χ0v) is 11.5. The SMILES string of the molecule is CNCCC1CCCCN1CCCn1ccnc1. The number of hydrogen-bond donors (Lipinski definition) is 1. The predicted octanol–water partition coefficient (Wildman–Crippen LogP) is 1.74. The fraction of sp³-hybridized carbons (Fsp3) is 0.786. The van der Waals surface area contributed by atoms with Crippen molar-refractivity contribution in [3.8, 4) is 0 Å². The van der Waals surface area contributed by atoms with E-state index in [1.165, 1.54) is 45.2 Å². The van der Waals surface area contributed by atoms with Crippen LogP contribution in [0, 0.1) is 0 Å². The molecule has 4 nitrogen and oxygen atoms in total. The van der Waals surface area contributed by atoms with Gasteiger partial charge in [-0.15, -0.1) is 0 Å². The Bertz CT molecular complexity index is 310. The van der Waals surface area contributed by atoms with Crippen molar-refractivity contribution in [1.29, 1.82) is 0 Å². The van der Waals surface area contributed by atoms with Crippen LogP contribution >= 0.6 is 0 Å². The van der Waals surface area contributed by atoms with Crippen LogP contribution in [0.25, 0.3) is 0 Å². The number of aryl methyl sites for hydroxylation is 1. The van der Waals surface area contributed by atoms with E-state index in [4.69, 9.17) is 0 Å². The van der Waals surface area contributed by atoms with Gasteiger partial charge in [-0.1, -0.05) is 6.42 Å². The second-order valence-electron chi connectivity index (χ2n) is 5.23. The molecule has 1 aliphatic rings. The quantitative estimate of drug-likeness (QED) is 0.800. The Morgan fingerprint density at radius 3 is 3.06 bits per heavy atom. The molecule has 1 atom stereocenters. The van der Waals surface area contributed by atoms with Gasteiger partial charge in [0.1, 0.15) is 0 Å². The molecular formula is C14H26N4. The van der Waals surface area contributed by atoms with Crippen LogP contribution in [-0.4, -0.2) is 47.2 Å². The van der Waals surface area contributed by atoms with Crippen molar-refractivity contribution in [1.82, 2.24) is 19.8 Å². The standard InChI is InChI=1S/C14H26N4/c1-15-7-6-14-5-2-3-10-18(14)11-4-9-17-12-8-16-13-17/h8,12-15H,2-7,9-11H2,1H3. The lowest BCUT2D eigenvalue weighted by atomic mass is 9.99. The van der Waals surface area contributed by atoms with Crippen molar-refractivity contribution >= 4 is 0 Å². The smallest absolute Gasteiger partial charge is 0.0945 e. The van der Waals surface area contributed by atoms with E-state index >= 15 is 0 Å². The van der Waals surface area contributed by atoms with Crippen LogP contribution in [0.3, 0.4) is 0 Å². The fourth-order valence-corrected chi connectivity index (χ4v) is 2.87. The third kappa shape index (κ3) is 4.10. The van der Waals surface area contributed by atoms with E-state index in [9.17, 15) is 0 Å². The average molecular weight is 250 g/mol. The molecule has 0 spiro atoms. The van der Waals surface area contributed by atoms with Gasteiger partial charge in [0.25, 0.3) is 0 Å². The summed E-state index contributed by atoms with van der Waals surface area (Å²) in [4.78, 5) is 6.78. The number of rotatable bonds is 7. The number of nitrogens with zero attached hydrogens (tertiary/aromatic N) is 3. The van der Waals surface area contributed by atoms with Gasteiger partial charge in [-0.2, -0.15) is 0 Å². The van der Waals surface area contributed by atoms with E-state index in [1.807, 2.05) is 19.6 Å². The van der Waals surface area contributed by atoms with Crippen molar-refractivity contribution in [2.45, 2.75) is 44.7 Å². The maximum absolute atomic E-state index is 4.08. The monoisotopic (exact) mass is 250 g/mol. The largest absolute Gasteiger partial charge is 0.337 e. The lowest BCUT2D eigenvalue weighted by molar-refractivity contribution is 0.137. The van der Waals surface area contributed by atoms with Crippen molar-refractivity contribution in [3.05, 3.63) is 18.7 Å². The molecule has 0 bridgehead atoms. The van der Waals surface area contributed by atoms with Crippen molar-refractivity contribution in [2.24, 2.45) is 0 Å². The molecule has 0 aliphatic carbocycles. The Morgan fingerprint density at radius 2 is 2.28 bits per heavy atom. The van der Waals surface area contributed by atoms with Gasteiger partial charge in [0.15, 0.2) is 0 Å². The summed E-state index contributed by atoms with van der Waals surface area (Å²) in [5.41, 5.74) is 0. The van der Waals surface area contributed by atoms with Crippen LogP contribution in [0.4, 0.5) is 0 Å². The highest BCUT2D eigenvalue weighted by Gasteiger charge is 2.20. The second kappa shape index (κ2) is 7.54. The second-order valence-corrected chi connectivity index (χ2v) is 5.23. The molecule has 102 valence electrons. The lowest BCUT2D eigenvalue weighted by Gasteiger charge is -2.35. The fourth-order valence-electron chi connectivity index (χ4n) is 2.87. The minimum absolute atomic E-state index is 0.800. The molecule has 0 radical (unpaired) electrons. The van der Waals surface area contributed by atoms with E-state index < -0.39 is 0 Å². The topological polar surface area (TPSA) is 33.1 Å². The number of imidazole rings is 1. The van der Waals surface area contributed by atoms with Crippen LogP contribution < -0.4 is 5.32 Å². The summed E-state index contributed by atoms with van der Waals surface area (Å²) in [5.74, 6) is 0. The van der Waals surface area contributed by atoms with E-state index in [-0.39, 0.29) is 0 Å². The summed E-state index contributed by atoms with van der Waals surface area (Å²) < 4.78 is 2.17. The number of aromatic nitrogens is 2. The summed E-state index contributed by atoms with van der Waals surface area (Å²) in [6, 6.07) is 0.800. The van der Waals surface area contributed by atoms with Crippen LogP contribution in [-0.2, 0) is 6.54 Å². The molecule has 1 aliphatic heterocycles. The van der Waals surface area contributed by atoms with E-state index in [0.29, 0.717) is 0 Å². The molecule has 1 aromatic heterocycles. The van der Waals surface area contributed by atoms with E-state index in [2.05, 4.69) is 26.0 Å². The number of hydrogen-bond acceptors (Lipinski definition) is 3. The zero-order valence-electron chi connectivity index (χ0n) is 11.5. The Hall–Kier alpha value is -0.870. The van der Waals surface area contributed by atoms with Crippen LogP contribution in [0.15, 0.2) is 18.7 Å². The molecule has 0 saturated carbocycles. The normalized spacial score (nSPS) is 21.3. The van der Waals surface area contributed by atoms with Crippen LogP contribution in [0.2, 0.25) is 0 Å². The van der Waals surface area contributed by atoms with Gasteiger partial charge in [-0.25, -0.2) is 4.98 Å². The van der Waals surface area contributed by atoms with Gasteiger partial charge in [0.2, 0.25) is 0 Å². The highest BCUT2D eigenvalue weighted by atomic mass is 15.2. The Morgan fingerprint density at radius 1 is 1.33 bits per heavy atom. The molecule has 0 aromatic carbocycles. The predicted molar refractivity (Wildman–Crippen MR) is 74.6 cm³/mol. The van der Waals surface area contributed by atoms with Gasteiger partial charge in [-0.05, 0) is 45.8 Å². The van der Waals surface area contributed by atoms with Gasteiger partial charge in [-0.3, -0.25) is 0 Å². The number of piperidine rings is 1. The van der Waals surface area contributed by atoms with Gasteiger partial charge in [0.05, 0.1) is 6.33 Å². The number of likely N-dealkylation sites (tertiary alicyclic amines) is 1. The average Bonchev–Trinajstić information content (AvgIpc) is 2.91. The minimum atomic E-state index is 0.800. The molecular weight excluding hydrogens is 224 g/mol. The Balaban J connectivity index is 1.71. The summed E-state index contributed by atoms with van der Waals surface area (Å²) >= 11 is 0. The molecule has 4 heteroatoms. The third-order valence-corrected chi connectivity index (χ3v) is 3.90. The van der Waals surface area contributed by atoms with Crippen LogP contribution in [0.1, 0.15) is 32.1 Å². The van der Waals surface area contributed by atoms with Crippen molar-refractivity contribution < 1.29 is 0 Å². The molecule has 1 N–H and O–H groups in total. The highest BCUT2D eigenvalue weighted by Crippen LogP contribution is 2.19. The zero-order chi connectivity index (χ0) is 12.6. The first-order valence-corrected chi connectivity index (χ1v) is 7.24. The summed E-state index contributed by atoms with van der Waals surface area (Å²) in [5, 5.41) is 3.27. The molecule has 18 heavy (non-hydrogen) atoms. The van der Waals surface area contributed by atoms with Crippen molar-refractivity contribution in [2.75, 3.05) is 26.7 Å². The first kappa shape index (κ1) is 13.6. The van der Waals surface area contributed by atoms with E-state index in [0.717, 1.165) is 19.1 Å². The molecule has 0 amide bonds. The summed E-state index contributed by atoms with van der Waals surface area (Å²) in [6.45, 7) is 4.75. The molecule has 1 unspecified atom stereocenters. The Kier molecular flexibility index (Phi) is 5.68. The first-order chi connectivity index (χ1) is 8.90. The third-order valence-electron chi connectivity index (χ3n) is 3.90. The Labute approximate surface area is 110 Å². The number of nitrogens with one attached hydrogen (secondary N) is 1. The van der Waals surface area contributed by atoms with E-state index in [1.54, 1.807) is 0 Å². The van der Waals surface area contributed by atoms with Gasteiger partial charge < -0.3 is 14.8 Å². The maximum atomic E-state index is 4.08. The first-order valence-electron chi connectivity index (χ1n) is 7.24. The van der Waals surface area contributed by atoms with Gasteiger partial charge >= 0.3 is 0 Å². The maximum Gasteiger partial charge on any atom is 0.0945 e. The summed E-state index contributed by atoms with van der Waals surface area (Å²) in [6.07, 6.45) is 12.5. The van der Waals surface area contributed by atoms with Gasteiger partial charge in [0, 0.05) is 31.5 Å². The molecule has 2 rings (SSSR count). The minimum Gasteiger partial charge on any atom is -0.337 e. The molecule has 2 heterocycles. The molecule has 1 fully saturated rings. The lowest BCUT2D eigenvalue weighted by Crippen LogP contribution is -2.41. The molecule has 1 aromatic rings.